The number of rotatable bonds is 12. The summed E-state index contributed by atoms with van der Waals surface area (Å²) in [6, 6.07) is 35.7. The minimum Gasteiger partial charge on any atom is -0.493 e. The quantitative estimate of drug-likeness (QED) is 0.0728. The van der Waals surface area contributed by atoms with Crippen LogP contribution in [0.5, 0.6) is 17.2 Å². The smallest absolute Gasteiger partial charge is 0.421 e. The van der Waals surface area contributed by atoms with E-state index in [1.807, 2.05) is 91.0 Å². The van der Waals surface area contributed by atoms with Crippen molar-refractivity contribution in [2.75, 3.05) is 59.2 Å². The molecule has 3 aliphatic heterocycles. The number of aliphatic hydroxyl groups is 1. The lowest BCUT2D eigenvalue weighted by atomic mass is 9.61. The molecule has 2 fully saturated rings. The van der Waals surface area contributed by atoms with Crippen molar-refractivity contribution < 1.29 is 52.7 Å². The van der Waals surface area contributed by atoms with Gasteiger partial charge in [-0.2, -0.15) is 0 Å². The molecule has 1 spiro atoms. The number of allylic oxidation sites excluding steroid dienone is 2. The number of nitrogens with zero attached hydrogens (tertiary/aromatic N) is 2. The number of benzene rings is 5. The number of amides is 3. The predicted molar refractivity (Wildman–Crippen MR) is 268 cm³/mol. The average molecular weight is 971 g/mol. The van der Waals surface area contributed by atoms with Crippen molar-refractivity contribution in [3.63, 3.8) is 0 Å². The lowest BCUT2D eigenvalue weighted by Gasteiger charge is -2.43. The van der Waals surface area contributed by atoms with Gasteiger partial charge in [0.15, 0.2) is 11.5 Å². The second-order valence-electron chi connectivity index (χ2n) is 18.9. The lowest BCUT2D eigenvalue weighted by molar-refractivity contribution is -0.172. The second kappa shape index (κ2) is 20.7. The molecule has 1 saturated carbocycles. The van der Waals surface area contributed by atoms with E-state index in [1.54, 1.807) is 43.4 Å². The first-order valence-corrected chi connectivity index (χ1v) is 24.7. The first-order chi connectivity index (χ1) is 35.2. The molecule has 13 nitrogen and oxygen atoms in total. The lowest BCUT2D eigenvalue weighted by Crippen LogP contribution is -2.55. The van der Waals surface area contributed by atoms with Gasteiger partial charge < -0.3 is 38.4 Å². The number of ether oxygens (including phenoxy) is 6. The number of imide groups is 1. The van der Waals surface area contributed by atoms with Crippen LogP contribution in [-0.4, -0.2) is 88.2 Å². The van der Waals surface area contributed by atoms with Crippen LogP contribution in [0.15, 0.2) is 127 Å². The minimum atomic E-state index is -2.00. The minimum absolute atomic E-state index is 0.0676. The fourth-order valence-corrected chi connectivity index (χ4v) is 12.2. The average Bonchev–Trinajstić information content (AvgIpc) is 3.88. The molecule has 0 aromatic heterocycles. The maximum absolute atomic E-state index is 16.8. The molecule has 0 bridgehead atoms. The molecule has 2 unspecified atom stereocenters. The fraction of sp³-hybridized carbons (Fsp3) is 0.356. The Morgan fingerprint density at radius 3 is 2.19 bits per heavy atom. The third kappa shape index (κ3) is 8.46. The van der Waals surface area contributed by atoms with Crippen LogP contribution >= 0.6 is 0 Å². The number of hydrogen-bond donors (Lipinski definition) is 1. The molecule has 5 aromatic rings. The molecule has 10 rings (SSSR count). The van der Waals surface area contributed by atoms with Crippen LogP contribution < -0.4 is 19.1 Å². The van der Waals surface area contributed by atoms with Crippen molar-refractivity contribution in [2.24, 2.45) is 17.8 Å². The predicted octanol–water partition coefficient (Wildman–Crippen LogP) is 8.61. The molecule has 1 N–H and O–H groups in total. The molecule has 370 valence electrons. The van der Waals surface area contributed by atoms with E-state index in [0.717, 1.165) is 58.4 Å². The van der Waals surface area contributed by atoms with Gasteiger partial charge in [0.25, 0.3) is 0 Å². The summed E-state index contributed by atoms with van der Waals surface area (Å²) in [5.41, 5.74) is 4.02. The van der Waals surface area contributed by atoms with Gasteiger partial charge in [-0.25, -0.2) is 9.69 Å². The molecule has 7 atom stereocenters. The largest absolute Gasteiger partial charge is 0.493 e. The van der Waals surface area contributed by atoms with Crippen LogP contribution in [0.4, 0.5) is 10.5 Å². The molecule has 0 radical (unpaired) electrons. The Morgan fingerprint density at radius 1 is 0.764 bits per heavy atom. The Bertz CT molecular complexity index is 2960. The maximum atomic E-state index is 16.8. The summed E-state index contributed by atoms with van der Waals surface area (Å²) in [7, 11) is 4.62. The SMILES string of the molecule is COCCOC(=O)N1C(=O)[C@@]2(c3cc(C#CC4=CCCCC4)ccc31)[C@H](c1ccccc1OCCO)C1C(c3ccccc3)[C@H](c3ccccc3)OC(=O)[C@H]1[C@@H]2C(=O)N1CCc2cc(OC)c(OC)cc2C1. The van der Waals surface area contributed by atoms with Gasteiger partial charge in [0.1, 0.15) is 25.1 Å². The zero-order chi connectivity index (χ0) is 49.9. The van der Waals surface area contributed by atoms with Crippen molar-refractivity contribution >= 4 is 29.6 Å². The molecule has 5 aromatic carbocycles. The normalized spacial score (nSPS) is 24.0. The van der Waals surface area contributed by atoms with Crippen LogP contribution in [0.1, 0.15) is 82.6 Å². The Balaban J connectivity index is 1.28. The van der Waals surface area contributed by atoms with E-state index >= 15 is 14.4 Å². The van der Waals surface area contributed by atoms with Gasteiger partial charge in [-0.05, 0) is 113 Å². The van der Waals surface area contributed by atoms with Crippen LogP contribution in [-0.2, 0) is 47.0 Å². The number of hydrogen-bond acceptors (Lipinski definition) is 11. The number of methoxy groups -OCH3 is 3. The monoisotopic (exact) mass is 970 g/mol. The van der Waals surface area contributed by atoms with Gasteiger partial charge in [-0.1, -0.05) is 96.8 Å². The van der Waals surface area contributed by atoms with Gasteiger partial charge in [0.2, 0.25) is 11.8 Å². The number of esters is 1. The van der Waals surface area contributed by atoms with Crippen molar-refractivity contribution in [3.05, 3.63) is 166 Å². The van der Waals surface area contributed by atoms with Gasteiger partial charge >= 0.3 is 12.1 Å². The number of aliphatic hydroxyl groups excluding tert-OH is 1. The highest BCUT2D eigenvalue weighted by Crippen LogP contribution is 2.71. The number of anilines is 1. The highest BCUT2D eigenvalue weighted by molar-refractivity contribution is 6.23. The van der Waals surface area contributed by atoms with Crippen LogP contribution in [0.25, 0.3) is 0 Å². The molecule has 2 aliphatic carbocycles. The zero-order valence-corrected chi connectivity index (χ0v) is 40.7. The van der Waals surface area contributed by atoms with E-state index in [0.29, 0.717) is 40.4 Å². The number of fused-ring (bicyclic) bond motifs is 4. The highest BCUT2D eigenvalue weighted by atomic mass is 16.6. The number of cyclic esters (lactones) is 1. The van der Waals surface area contributed by atoms with Crippen molar-refractivity contribution in [3.8, 4) is 29.1 Å². The Kier molecular flexibility index (Phi) is 13.9. The van der Waals surface area contributed by atoms with Gasteiger partial charge in [0.05, 0.1) is 50.4 Å². The molecule has 3 heterocycles. The summed E-state index contributed by atoms with van der Waals surface area (Å²) >= 11 is 0. The molecule has 5 aliphatic rings. The summed E-state index contributed by atoms with van der Waals surface area (Å²) in [5.74, 6) is 1.08. The van der Waals surface area contributed by atoms with E-state index < -0.39 is 65.0 Å². The van der Waals surface area contributed by atoms with Crippen molar-refractivity contribution in [1.29, 1.82) is 0 Å². The maximum Gasteiger partial charge on any atom is 0.421 e. The van der Waals surface area contributed by atoms with E-state index in [4.69, 9.17) is 28.4 Å². The van der Waals surface area contributed by atoms with E-state index in [1.165, 1.54) is 7.11 Å². The van der Waals surface area contributed by atoms with E-state index in [9.17, 15) is 9.90 Å². The number of carbonyl (C=O) groups is 4. The fourth-order valence-electron chi connectivity index (χ4n) is 12.2. The molecule has 1 saturated heterocycles. The van der Waals surface area contributed by atoms with Crippen LogP contribution in [0, 0.1) is 29.6 Å². The summed E-state index contributed by atoms with van der Waals surface area (Å²) in [6.45, 7) is -0.0893. The van der Waals surface area contributed by atoms with E-state index in [2.05, 4.69) is 17.9 Å². The van der Waals surface area contributed by atoms with Crippen molar-refractivity contribution in [2.45, 2.75) is 62.0 Å². The summed E-state index contributed by atoms with van der Waals surface area (Å²) in [5, 5.41) is 10.2. The van der Waals surface area contributed by atoms with Gasteiger partial charge in [-0.15, -0.1) is 0 Å². The van der Waals surface area contributed by atoms with Crippen molar-refractivity contribution in [1.82, 2.24) is 4.90 Å². The first kappa shape index (κ1) is 48.2. The molecule has 3 amide bonds. The Morgan fingerprint density at radius 2 is 1.49 bits per heavy atom. The van der Waals surface area contributed by atoms with Crippen LogP contribution in [0.3, 0.4) is 0 Å². The molecular weight excluding hydrogens is 913 g/mol. The highest BCUT2D eigenvalue weighted by Gasteiger charge is 2.77. The van der Waals surface area contributed by atoms with Gasteiger partial charge in [-0.3, -0.25) is 14.4 Å². The summed E-state index contributed by atoms with van der Waals surface area (Å²) < 4.78 is 35.6. The second-order valence-corrected chi connectivity index (χ2v) is 18.9. The third-order valence-electron chi connectivity index (χ3n) is 15.2. The van der Waals surface area contributed by atoms with Crippen LogP contribution in [0.2, 0.25) is 0 Å². The number of para-hydroxylation sites is 1. The standard InChI is InChI=1S/C59H58N2O11/c1-67-31-32-71-58(66)61-45-26-25-38(24-23-37-15-7-4-8-16-37)33-44(45)59(57(61)65)52(43-21-13-14-22-46(43)70-30-29-62)50-49(39-17-9-5-10-18-39)54(40-19-11-6-12-20-40)72-56(64)51(50)53(59)55(63)60-28-27-41-34-47(68-2)48(69-3)35-42(41)36-60/h5-6,9-15,17-22,25-26,33-35,49-54,62H,4,7-8,16,27-32,36H2,1-3H3/t49?,50?,51-,52-,53-,54+,59+/m1/s1. The topological polar surface area (TPSA) is 150 Å². The first-order valence-electron chi connectivity index (χ1n) is 24.7. The molecule has 13 heteroatoms. The zero-order valence-electron chi connectivity index (χ0n) is 40.7. The molecule has 72 heavy (non-hydrogen) atoms. The molecular formula is C59H58N2O11. The van der Waals surface area contributed by atoms with E-state index in [-0.39, 0.29) is 45.2 Å². The summed E-state index contributed by atoms with van der Waals surface area (Å²) in [4.78, 5) is 66.7. The third-order valence-corrected chi connectivity index (χ3v) is 15.2. The number of carbonyl (C=O) groups excluding carboxylic acids is 4. The summed E-state index contributed by atoms with van der Waals surface area (Å²) in [6.07, 6.45) is 4.68. The van der Waals surface area contributed by atoms with Gasteiger partial charge in [0, 0.05) is 37.6 Å². The Labute approximate surface area is 419 Å². The Hall–Kier alpha value is -7.40.